The second-order valence-corrected chi connectivity index (χ2v) is 12.6. The van der Waals surface area contributed by atoms with Crippen LogP contribution in [0.1, 0.15) is 88.7 Å². The lowest BCUT2D eigenvalue weighted by Crippen LogP contribution is -2.65. The van der Waals surface area contributed by atoms with Gasteiger partial charge in [-0.2, -0.15) is 22.0 Å². The van der Waals surface area contributed by atoms with Crippen LogP contribution in [0.4, 0.5) is 22.0 Å². The Balaban J connectivity index is 1.50. The molecule has 3 saturated carbocycles. The van der Waals surface area contributed by atoms with E-state index in [2.05, 4.69) is 19.1 Å². The van der Waals surface area contributed by atoms with Gasteiger partial charge in [0.05, 0.1) is 0 Å². The van der Waals surface area contributed by atoms with Crippen LogP contribution in [0.3, 0.4) is 0 Å². The molecular weight excluding hydrogens is 487 g/mol. The molecule has 0 aromatic heterocycles. The molecule has 0 aliphatic heterocycles. The Morgan fingerprint density at radius 2 is 1.59 bits per heavy atom. The minimum absolute atomic E-state index is 0.0208. The summed E-state index contributed by atoms with van der Waals surface area (Å²) >= 11 is 0. The number of aliphatic hydroxyl groups is 1. The first-order valence-corrected chi connectivity index (χ1v) is 13.5. The number of carbonyl (C=O) groups is 1. The predicted octanol–water partition coefficient (Wildman–Crippen LogP) is 7.57. The van der Waals surface area contributed by atoms with Gasteiger partial charge in [-0.3, -0.25) is 4.79 Å². The highest BCUT2D eigenvalue weighted by Gasteiger charge is 2.79. The van der Waals surface area contributed by atoms with E-state index in [9.17, 15) is 23.1 Å². The van der Waals surface area contributed by atoms with E-state index < -0.39 is 35.5 Å². The fourth-order valence-electron chi connectivity index (χ4n) is 8.31. The second kappa shape index (κ2) is 7.77. The third kappa shape index (κ3) is 3.41. The van der Waals surface area contributed by atoms with E-state index in [1.165, 1.54) is 12.5 Å². The first kappa shape index (κ1) is 25.3. The zero-order valence-corrected chi connectivity index (χ0v) is 21.2. The average molecular weight is 521 g/mol. The molecule has 2 nitrogen and oxygen atoms in total. The average Bonchev–Trinajstić information content (AvgIpc) is 3.53. The van der Waals surface area contributed by atoms with Crippen LogP contribution in [-0.2, 0) is 10.2 Å². The number of carbonyl (C=O) groups excluding carboxylic acids is 1. The van der Waals surface area contributed by atoms with Gasteiger partial charge in [-0.1, -0.05) is 43.7 Å². The van der Waals surface area contributed by atoms with E-state index in [0.717, 1.165) is 35.1 Å². The van der Waals surface area contributed by atoms with Crippen LogP contribution in [0.5, 0.6) is 0 Å². The number of fused-ring (bicyclic) bond motifs is 4. The van der Waals surface area contributed by atoms with Crippen molar-refractivity contribution in [2.45, 2.75) is 101 Å². The molecular formula is C30H33F5O2. The standard InChI is InChI=1S/C30H33F5O2/c1-26(13-14-26)19-6-3-17(4-7-19)23-16-27(2)24(11-12-28(27,37)29(31,32)30(33,34)35)22-9-5-18-15-20(36)8-10-21(18)25(22)23/h3-4,6-7,15,22-24,37H,5,8-14,16H2,1-2H3/t22?,23-,24?,27+,28+/m1/s1. The van der Waals surface area contributed by atoms with Crippen LogP contribution in [0.2, 0.25) is 0 Å². The van der Waals surface area contributed by atoms with E-state index in [-0.39, 0.29) is 35.9 Å². The zero-order valence-electron chi connectivity index (χ0n) is 21.2. The fourth-order valence-corrected chi connectivity index (χ4v) is 8.31. The van der Waals surface area contributed by atoms with Crippen LogP contribution in [-0.4, -0.2) is 28.6 Å². The van der Waals surface area contributed by atoms with Crippen LogP contribution >= 0.6 is 0 Å². The molecule has 1 aromatic carbocycles. The first-order valence-electron chi connectivity index (χ1n) is 13.5. The summed E-state index contributed by atoms with van der Waals surface area (Å²) in [6.07, 6.45) is -0.178. The van der Waals surface area contributed by atoms with Crippen molar-refractivity contribution in [2.24, 2.45) is 17.3 Å². The maximum Gasteiger partial charge on any atom is 0.456 e. The third-order valence-electron chi connectivity index (χ3n) is 10.8. The monoisotopic (exact) mass is 520 g/mol. The normalized spacial score (nSPS) is 37.0. The van der Waals surface area contributed by atoms with Crippen molar-refractivity contribution in [3.8, 4) is 0 Å². The van der Waals surface area contributed by atoms with E-state index >= 15 is 8.78 Å². The second-order valence-electron chi connectivity index (χ2n) is 12.6. The largest absolute Gasteiger partial charge is 0.456 e. The maximum absolute atomic E-state index is 15.1. The number of hydrogen-bond acceptors (Lipinski definition) is 2. The molecule has 6 rings (SSSR count). The van der Waals surface area contributed by atoms with Gasteiger partial charge in [-0.05, 0) is 97.0 Å². The Morgan fingerprint density at radius 1 is 0.919 bits per heavy atom. The van der Waals surface area contributed by atoms with Gasteiger partial charge in [0, 0.05) is 17.8 Å². The lowest BCUT2D eigenvalue weighted by atomic mass is 9.50. The Labute approximate surface area is 214 Å². The summed E-state index contributed by atoms with van der Waals surface area (Å²) < 4.78 is 71.1. The summed E-state index contributed by atoms with van der Waals surface area (Å²) in [5.41, 5.74) is 0.665. The maximum atomic E-state index is 15.1. The van der Waals surface area contributed by atoms with E-state index in [4.69, 9.17) is 0 Å². The molecule has 5 atom stereocenters. The fraction of sp³-hybridized carbons (Fsp3) is 0.633. The van der Waals surface area contributed by atoms with Gasteiger partial charge in [-0.25, -0.2) is 0 Å². The third-order valence-corrected chi connectivity index (χ3v) is 10.8. The highest BCUT2D eigenvalue weighted by Crippen LogP contribution is 2.70. The quantitative estimate of drug-likeness (QED) is 0.418. The SMILES string of the molecule is CC1(c2ccc([C@H]3C[C@@]4(C)C(CC[C@@]4(O)C(F)(F)C(F)(F)F)C4CCC5=CC(=O)CCC5=C43)cc2)CC1. The number of benzene rings is 1. The topological polar surface area (TPSA) is 37.3 Å². The van der Waals surface area contributed by atoms with Crippen LogP contribution in [0.15, 0.2) is 47.1 Å². The van der Waals surface area contributed by atoms with E-state index in [1.807, 2.05) is 12.1 Å². The minimum Gasteiger partial charge on any atom is -0.383 e. The summed E-state index contributed by atoms with van der Waals surface area (Å²) in [5, 5.41) is 11.3. The summed E-state index contributed by atoms with van der Waals surface area (Å²) in [5.74, 6) is -6.18. The molecule has 0 radical (unpaired) electrons. The number of hydrogen-bond donors (Lipinski definition) is 1. The number of ketones is 1. The van der Waals surface area contributed by atoms with Crippen molar-refractivity contribution in [3.05, 3.63) is 58.2 Å². The minimum atomic E-state index is -5.83. The summed E-state index contributed by atoms with van der Waals surface area (Å²) in [6, 6.07) is 8.12. The molecule has 0 saturated heterocycles. The number of halogens is 5. The van der Waals surface area contributed by atoms with Gasteiger partial charge in [0.25, 0.3) is 0 Å². The molecule has 2 unspecified atom stereocenters. The Morgan fingerprint density at radius 3 is 2.22 bits per heavy atom. The molecule has 200 valence electrons. The van der Waals surface area contributed by atoms with Gasteiger partial charge >= 0.3 is 12.1 Å². The highest BCUT2D eigenvalue weighted by molar-refractivity contribution is 5.93. The molecule has 3 fully saturated rings. The van der Waals surface area contributed by atoms with Crippen molar-refractivity contribution in [3.63, 3.8) is 0 Å². The molecule has 0 bridgehead atoms. The van der Waals surface area contributed by atoms with Crippen molar-refractivity contribution >= 4 is 5.78 Å². The molecule has 1 N–H and O–H groups in total. The summed E-state index contributed by atoms with van der Waals surface area (Å²) in [7, 11) is 0. The smallest absolute Gasteiger partial charge is 0.383 e. The van der Waals surface area contributed by atoms with Crippen molar-refractivity contribution in [1.29, 1.82) is 0 Å². The molecule has 0 heterocycles. The van der Waals surface area contributed by atoms with Crippen molar-refractivity contribution in [2.75, 3.05) is 0 Å². The Hall–Kier alpha value is -2.02. The molecule has 1 aromatic rings. The van der Waals surface area contributed by atoms with Gasteiger partial charge in [0.15, 0.2) is 5.78 Å². The van der Waals surface area contributed by atoms with Gasteiger partial charge < -0.3 is 5.11 Å². The molecule has 7 heteroatoms. The van der Waals surface area contributed by atoms with Gasteiger partial charge in [0.1, 0.15) is 5.60 Å². The first-order chi connectivity index (χ1) is 17.2. The highest BCUT2D eigenvalue weighted by atomic mass is 19.4. The molecule has 37 heavy (non-hydrogen) atoms. The molecule has 5 aliphatic rings. The Bertz CT molecular complexity index is 1210. The lowest BCUT2D eigenvalue weighted by Gasteiger charge is -2.56. The van der Waals surface area contributed by atoms with Crippen molar-refractivity contribution < 1.29 is 31.9 Å². The van der Waals surface area contributed by atoms with Crippen LogP contribution in [0.25, 0.3) is 0 Å². The molecule has 0 amide bonds. The van der Waals surface area contributed by atoms with Crippen molar-refractivity contribution in [1.82, 2.24) is 0 Å². The molecule has 5 aliphatic carbocycles. The number of allylic oxidation sites excluding steroid dienone is 4. The Kier molecular flexibility index (Phi) is 5.30. The predicted molar refractivity (Wildman–Crippen MR) is 129 cm³/mol. The number of alkyl halides is 5. The lowest BCUT2D eigenvalue weighted by molar-refractivity contribution is -0.362. The summed E-state index contributed by atoms with van der Waals surface area (Å²) in [6.45, 7) is 3.66. The van der Waals surface area contributed by atoms with E-state index in [0.29, 0.717) is 25.7 Å². The zero-order chi connectivity index (χ0) is 26.6. The van der Waals surface area contributed by atoms with Gasteiger partial charge in [0.2, 0.25) is 0 Å². The van der Waals surface area contributed by atoms with Crippen LogP contribution < -0.4 is 0 Å². The van der Waals surface area contributed by atoms with Gasteiger partial charge in [-0.15, -0.1) is 0 Å². The molecule has 0 spiro atoms. The van der Waals surface area contributed by atoms with E-state index in [1.54, 1.807) is 6.08 Å². The number of rotatable bonds is 3. The summed E-state index contributed by atoms with van der Waals surface area (Å²) in [4.78, 5) is 12.2. The van der Waals surface area contributed by atoms with Crippen LogP contribution in [0, 0.1) is 17.3 Å².